The molecule has 10 rings (SSSR count). The summed E-state index contributed by atoms with van der Waals surface area (Å²) < 4.78 is 2.37. The van der Waals surface area contributed by atoms with Crippen LogP contribution in [0, 0.1) is 0 Å². The maximum Gasteiger partial charge on any atom is 0.0540 e. The van der Waals surface area contributed by atoms with Gasteiger partial charge in [-0.25, -0.2) is 0 Å². The first-order chi connectivity index (χ1) is 23.3. The molecule has 1 nitrogen and oxygen atoms in total. The van der Waals surface area contributed by atoms with E-state index in [4.69, 9.17) is 0 Å². The third-order valence-electron chi connectivity index (χ3n) is 9.92. The van der Waals surface area contributed by atoms with Gasteiger partial charge in [0.1, 0.15) is 0 Å². The van der Waals surface area contributed by atoms with Crippen LogP contribution < -0.4 is 0 Å². The lowest BCUT2D eigenvalue weighted by Gasteiger charge is -2.18. The largest absolute Gasteiger partial charge is 0.309 e. The second kappa shape index (κ2) is 10.2. The van der Waals surface area contributed by atoms with E-state index in [0.717, 1.165) is 0 Å². The minimum absolute atomic E-state index is 1.17. The Morgan fingerprint density at radius 3 is 1.66 bits per heavy atom. The number of aromatic nitrogens is 1. The summed E-state index contributed by atoms with van der Waals surface area (Å²) in [6, 6.07) is 64.6. The molecule has 0 saturated heterocycles. The van der Waals surface area contributed by atoms with Crippen LogP contribution in [0.5, 0.6) is 0 Å². The maximum atomic E-state index is 2.42. The van der Waals surface area contributed by atoms with Gasteiger partial charge in [-0.05, 0) is 107 Å². The highest BCUT2D eigenvalue weighted by molar-refractivity contribution is 6.28. The second-order valence-electron chi connectivity index (χ2n) is 12.6. The average Bonchev–Trinajstić information content (AvgIpc) is 3.54. The highest BCUT2D eigenvalue weighted by atomic mass is 15.0. The first-order valence-electron chi connectivity index (χ1n) is 16.3. The molecule has 0 aliphatic rings. The molecule has 10 aromatic rings. The van der Waals surface area contributed by atoms with Crippen LogP contribution in [0.1, 0.15) is 0 Å². The lowest BCUT2D eigenvalue weighted by atomic mass is 9.85. The molecule has 0 radical (unpaired) electrons. The first-order valence-corrected chi connectivity index (χ1v) is 16.3. The minimum atomic E-state index is 1.17. The minimum Gasteiger partial charge on any atom is -0.309 e. The summed E-state index contributed by atoms with van der Waals surface area (Å²) in [5.41, 5.74) is 9.75. The molecule has 1 aromatic heterocycles. The molecule has 218 valence electrons. The van der Waals surface area contributed by atoms with E-state index in [1.165, 1.54) is 93.2 Å². The SMILES string of the molecule is c1ccc(-n2c(-c3ccc(-c4cc(-c5ccc6ccccc6c5)c5ccc6cccc7ccc4c5c76)cc3)cc3ccccc32)cc1. The molecular formula is C46H29N. The fourth-order valence-electron chi connectivity index (χ4n) is 7.71. The van der Waals surface area contributed by atoms with E-state index in [-0.39, 0.29) is 0 Å². The van der Waals surface area contributed by atoms with Crippen molar-refractivity contribution in [3.05, 3.63) is 176 Å². The second-order valence-corrected chi connectivity index (χ2v) is 12.6. The average molecular weight is 596 g/mol. The van der Waals surface area contributed by atoms with Gasteiger partial charge in [-0.2, -0.15) is 0 Å². The van der Waals surface area contributed by atoms with Gasteiger partial charge in [0.05, 0.1) is 11.2 Å². The Morgan fingerprint density at radius 2 is 0.894 bits per heavy atom. The molecule has 0 fully saturated rings. The van der Waals surface area contributed by atoms with Crippen molar-refractivity contribution in [3.8, 4) is 39.2 Å². The van der Waals surface area contributed by atoms with Crippen LogP contribution >= 0.6 is 0 Å². The van der Waals surface area contributed by atoms with Crippen LogP contribution in [0.4, 0.5) is 0 Å². The Bertz CT molecular complexity index is 2750. The van der Waals surface area contributed by atoms with Gasteiger partial charge in [-0.15, -0.1) is 0 Å². The summed E-state index contributed by atoms with van der Waals surface area (Å²) >= 11 is 0. The number of hydrogen-bond acceptors (Lipinski definition) is 0. The molecule has 1 heterocycles. The molecule has 0 bridgehead atoms. The first kappa shape index (κ1) is 26.1. The van der Waals surface area contributed by atoms with Gasteiger partial charge in [0, 0.05) is 11.1 Å². The zero-order valence-corrected chi connectivity index (χ0v) is 25.7. The third-order valence-corrected chi connectivity index (χ3v) is 9.92. The van der Waals surface area contributed by atoms with Crippen molar-refractivity contribution in [2.45, 2.75) is 0 Å². The Kier molecular flexibility index (Phi) is 5.64. The van der Waals surface area contributed by atoms with Crippen molar-refractivity contribution < 1.29 is 0 Å². The van der Waals surface area contributed by atoms with Crippen LogP contribution in [0.25, 0.3) is 93.2 Å². The lowest BCUT2D eigenvalue weighted by molar-refractivity contribution is 1.13. The van der Waals surface area contributed by atoms with Gasteiger partial charge in [-0.3, -0.25) is 0 Å². The Balaban J connectivity index is 1.20. The summed E-state index contributed by atoms with van der Waals surface area (Å²) in [7, 11) is 0. The molecule has 0 saturated carbocycles. The van der Waals surface area contributed by atoms with Crippen molar-refractivity contribution >= 4 is 54.0 Å². The van der Waals surface area contributed by atoms with Gasteiger partial charge in [-0.1, -0.05) is 140 Å². The maximum absolute atomic E-state index is 2.42. The monoisotopic (exact) mass is 595 g/mol. The van der Waals surface area contributed by atoms with Crippen LogP contribution in [-0.2, 0) is 0 Å². The standard InChI is InChI=1S/C46H29N/c1-2-14-38(15-3-1)47-43-16-7-6-11-37(43)28-44(47)32-20-18-31(19-21-32)41-29-42(36-22-17-30-9-4-5-10-35(30)27-36)40-26-24-34-13-8-12-33-23-25-39(41)46(40)45(33)34/h1-29H. The van der Waals surface area contributed by atoms with Crippen molar-refractivity contribution in [2.24, 2.45) is 0 Å². The molecule has 1 heteroatoms. The fourth-order valence-corrected chi connectivity index (χ4v) is 7.71. The zero-order valence-electron chi connectivity index (χ0n) is 25.7. The normalized spacial score (nSPS) is 11.8. The summed E-state index contributed by atoms with van der Waals surface area (Å²) in [6.07, 6.45) is 0. The van der Waals surface area contributed by atoms with Crippen molar-refractivity contribution in [1.82, 2.24) is 4.57 Å². The quantitative estimate of drug-likeness (QED) is 0.178. The van der Waals surface area contributed by atoms with E-state index in [1.807, 2.05) is 0 Å². The number of fused-ring (bicyclic) bond motifs is 2. The molecule has 0 N–H and O–H groups in total. The van der Waals surface area contributed by atoms with Gasteiger partial charge >= 0.3 is 0 Å². The predicted molar refractivity (Wildman–Crippen MR) is 201 cm³/mol. The molecule has 0 aliphatic carbocycles. The molecule has 0 spiro atoms. The van der Waals surface area contributed by atoms with Crippen molar-refractivity contribution in [3.63, 3.8) is 0 Å². The van der Waals surface area contributed by atoms with Gasteiger partial charge in [0.15, 0.2) is 0 Å². The summed E-state index contributed by atoms with van der Waals surface area (Å²) in [5.74, 6) is 0. The van der Waals surface area contributed by atoms with Gasteiger partial charge in [0.25, 0.3) is 0 Å². The molecular weight excluding hydrogens is 567 g/mol. The fraction of sp³-hybridized carbons (Fsp3) is 0. The number of nitrogens with zero attached hydrogens (tertiary/aromatic N) is 1. The molecule has 47 heavy (non-hydrogen) atoms. The van der Waals surface area contributed by atoms with Gasteiger partial charge in [0.2, 0.25) is 0 Å². The number of hydrogen-bond donors (Lipinski definition) is 0. The van der Waals surface area contributed by atoms with Crippen LogP contribution in [0.15, 0.2) is 176 Å². The topological polar surface area (TPSA) is 4.93 Å². The van der Waals surface area contributed by atoms with Crippen LogP contribution in [0.3, 0.4) is 0 Å². The Hall–Kier alpha value is -6.18. The third kappa shape index (κ3) is 4.03. The van der Waals surface area contributed by atoms with E-state index in [1.54, 1.807) is 0 Å². The Morgan fingerprint density at radius 1 is 0.319 bits per heavy atom. The van der Waals surface area contributed by atoms with Gasteiger partial charge < -0.3 is 4.57 Å². The summed E-state index contributed by atoms with van der Waals surface area (Å²) in [6.45, 7) is 0. The number of para-hydroxylation sites is 2. The summed E-state index contributed by atoms with van der Waals surface area (Å²) in [5, 5.41) is 11.6. The Labute approximate surface area is 272 Å². The number of benzene rings is 9. The molecule has 0 aliphatic heterocycles. The number of rotatable bonds is 4. The highest BCUT2D eigenvalue weighted by Gasteiger charge is 2.18. The lowest BCUT2D eigenvalue weighted by Crippen LogP contribution is -1.96. The van der Waals surface area contributed by atoms with Crippen molar-refractivity contribution in [2.75, 3.05) is 0 Å². The smallest absolute Gasteiger partial charge is 0.0540 e. The van der Waals surface area contributed by atoms with Crippen molar-refractivity contribution in [1.29, 1.82) is 0 Å². The molecule has 9 aromatic carbocycles. The van der Waals surface area contributed by atoms with E-state index in [2.05, 4.69) is 180 Å². The van der Waals surface area contributed by atoms with Crippen LogP contribution in [-0.4, -0.2) is 4.57 Å². The predicted octanol–water partition coefficient (Wildman–Crippen LogP) is 12.7. The van der Waals surface area contributed by atoms with E-state index >= 15 is 0 Å². The van der Waals surface area contributed by atoms with Crippen LogP contribution in [0.2, 0.25) is 0 Å². The molecule has 0 unspecified atom stereocenters. The zero-order chi connectivity index (χ0) is 30.9. The van der Waals surface area contributed by atoms with E-state index in [9.17, 15) is 0 Å². The van der Waals surface area contributed by atoms with E-state index in [0.29, 0.717) is 0 Å². The molecule has 0 amide bonds. The molecule has 0 atom stereocenters. The van der Waals surface area contributed by atoms with E-state index < -0.39 is 0 Å². The summed E-state index contributed by atoms with van der Waals surface area (Å²) in [4.78, 5) is 0. The highest BCUT2D eigenvalue weighted by Crippen LogP contribution is 2.44.